The van der Waals surface area contributed by atoms with Crippen LogP contribution in [0.4, 0.5) is 11.4 Å². The van der Waals surface area contributed by atoms with E-state index < -0.39 is 14.8 Å². The maximum Gasteiger partial charge on any atom is 0.288 e. The van der Waals surface area contributed by atoms with Gasteiger partial charge < -0.3 is 5.32 Å². The number of rotatable bonds is 3. The summed E-state index contributed by atoms with van der Waals surface area (Å²) >= 11 is 5.77. The number of hydrogen-bond acceptors (Lipinski definition) is 5. The third kappa shape index (κ3) is 2.91. The first kappa shape index (κ1) is 13.1. The number of nitrogens with zero attached hydrogens (tertiary/aromatic N) is 1. The minimum atomic E-state index is -2.95. The lowest BCUT2D eigenvalue weighted by Crippen LogP contribution is -2.20. The van der Waals surface area contributed by atoms with E-state index in [1.807, 2.05) is 0 Å². The van der Waals surface area contributed by atoms with Gasteiger partial charge in [-0.05, 0) is 18.6 Å². The number of nitro benzene ring substituents is 1. The van der Waals surface area contributed by atoms with Gasteiger partial charge >= 0.3 is 0 Å². The number of nitro groups is 1. The van der Waals surface area contributed by atoms with Crippen molar-refractivity contribution < 1.29 is 13.3 Å². The largest absolute Gasteiger partial charge is 0.381 e. The first-order chi connectivity index (χ1) is 8.37. The van der Waals surface area contributed by atoms with E-state index in [-0.39, 0.29) is 28.3 Å². The van der Waals surface area contributed by atoms with Crippen molar-refractivity contribution in [2.45, 2.75) is 12.5 Å². The van der Waals surface area contributed by atoms with Crippen LogP contribution in [0.5, 0.6) is 0 Å². The summed E-state index contributed by atoms with van der Waals surface area (Å²) in [5.41, 5.74) is 0.425. The first-order valence-electron chi connectivity index (χ1n) is 5.28. The third-order valence-electron chi connectivity index (χ3n) is 2.75. The number of anilines is 1. The molecule has 1 saturated heterocycles. The maximum absolute atomic E-state index is 11.3. The van der Waals surface area contributed by atoms with Gasteiger partial charge in [-0.3, -0.25) is 10.1 Å². The number of nitrogens with one attached hydrogen (secondary N) is 1. The van der Waals surface area contributed by atoms with Gasteiger partial charge in [0.25, 0.3) is 5.69 Å². The van der Waals surface area contributed by atoms with Gasteiger partial charge in [0.15, 0.2) is 9.84 Å². The second kappa shape index (κ2) is 4.74. The molecule has 0 spiro atoms. The summed E-state index contributed by atoms with van der Waals surface area (Å²) in [6, 6.07) is 4.10. The zero-order chi connectivity index (χ0) is 13.3. The van der Waals surface area contributed by atoms with Crippen molar-refractivity contribution >= 4 is 32.8 Å². The van der Waals surface area contributed by atoms with Crippen molar-refractivity contribution in [2.75, 3.05) is 16.8 Å². The van der Waals surface area contributed by atoms with E-state index in [1.54, 1.807) is 0 Å². The highest BCUT2D eigenvalue weighted by Crippen LogP contribution is 2.28. The molecule has 1 atom stereocenters. The Kier molecular flexibility index (Phi) is 3.45. The molecule has 1 aromatic rings. The first-order valence-corrected chi connectivity index (χ1v) is 7.48. The van der Waals surface area contributed by atoms with Crippen LogP contribution in [0.25, 0.3) is 0 Å². The highest BCUT2D eigenvalue weighted by atomic mass is 35.5. The number of hydrogen-bond donors (Lipinski definition) is 1. The topological polar surface area (TPSA) is 89.3 Å². The molecule has 98 valence electrons. The molecule has 0 aliphatic carbocycles. The van der Waals surface area contributed by atoms with Crippen molar-refractivity contribution in [3.63, 3.8) is 0 Å². The lowest BCUT2D eigenvalue weighted by atomic mass is 10.2. The van der Waals surface area contributed by atoms with Crippen molar-refractivity contribution in [3.8, 4) is 0 Å². The van der Waals surface area contributed by atoms with Crippen molar-refractivity contribution in [1.82, 2.24) is 0 Å². The molecule has 2 rings (SSSR count). The monoisotopic (exact) mass is 290 g/mol. The van der Waals surface area contributed by atoms with E-state index in [2.05, 4.69) is 5.32 Å². The van der Waals surface area contributed by atoms with Crippen LogP contribution in [0, 0.1) is 10.1 Å². The van der Waals surface area contributed by atoms with Crippen LogP contribution in [0.3, 0.4) is 0 Å². The summed E-state index contributed by atoms with van der Waals surface area (Å²) in [4.78, 5) is 10.0. The molecule has 0 aromatic heterocycles. The Morgan fingerprint density at radius 2 is 2.17 bits per heavy atom. The maximum atomic E-state index is 11.3. The van der Waals surface area contributed by atoms with Crippen LogP contribution in [0.15, 0.2) is 18.2 Å². The Bertz CT molecular complexity index is 588. The predicted octanol–water partition coefficient (Wildman–Crippen LogP) is 1.85. The Labute approximate surface area is 109 Å². The zero-order valence-electron chi connectivity index (χ0n) is 9.30. The van der Waals surface area contributed by atoms with Crippen LogP contribution in [0.1, 0.15) is 6.42 Å². The summed E-state index contributed by atoms with van der Waals surface area (Å²) < 4.78 is 22.6. The molecule has 1 fully saturated rings. The van der Waals surface area contributed by atoms with Crippen LogP contribution >= 0.6 is 11.6 Å². The highest BCUT2D eigenvalue weighted by molar-refractivity contribution is 7.91. The second-order valence-corrected chi connectivity index (χ2v) is 6.80. The van der Waals surface area contributed by atoms with Crippen LogP contribution in [0.2, 0.25) is 5.02 Å². The quantitative estimate of drug-likeness (QED) is 0.678. The molecule has 0 amide bonds. The van der Waals surface area contributed by atoms with Crippen LogP contribution < -0.4 is 5.32 Å². The SMILES string of the molecule is O=[N+]([O-])c1ccc(NC2CCS(=O)(=O)C2)cc1Cl. The smallest absolute Gasteiger partial charge is 0.288 e. The van der Waals surface area contributed by atoms with Gasteiger partial charge in [0, 0.05) is 17.8 Å². The molecule has 1 N–H and O–H groups in total. The normalized spacial score (nSPS) is 21.7. The lowest BCUT2D eigenvalue weighted by molar-refractivity contribution is -0.384. The molecule has 6 nitrogen and oxygen atoms in total. The summed E-state index contributed by atoms with van der Waals surface area (Å²) in [5, 5.41) is 13.6. The van der Waals surface area contributed by atoms with E-state index in [0.29, 0.717) is 12.1 Å². The Morgan fingerprint density at radius 3 is 2.67 bits per heavy atom. The van der Waals surface area contributed by atoms with Gasteiger partial charge in [-0.25, -0.2) is 8.42 Å². The fraction of sp³-hybridized carbons (Fsp3) is 0.400. The minimum absolute atomic E-state index is 0.0332. The fourth-order valence-corrected chi connectivity index (χ4v) is 3.81. The number of benzene rings is 1. The van der Waals surface area contributed by atoms with E-state index in [1.165, 1.54) is 18.2 Å². The Hall–Kier alpha value is -1.34. The van der Waals surface area contributed by atoms with E-state index in [9.17, 15) is 18.5 Å². The molecular weight excluding hydrogens is 280 g/mol. The number of halogens is 1. The molecule has 1 heterocycles. The van der Waals surface area contributed by atoms with Crippen LogP contribution in [-0.4, -0.2) is 30.9 Å². The fourth-order valence-electron chi connectivity index (χ4n) is 1.89. The predicted molar refractivity (Wildman–Crippen MR) is 68.8 cm³/mol. The Balaban J connectivity index is 2.12. The van der Waals surface area contributed by atoms with Crippen molar-refractivity contribution in [1.29, 1.82) is 0 Å². The molecule has 1 aliphatic heterocycles. The molecule has 0 radical (unpaired) electrons. The highest BCUT2D eigenvalue weighted by Gasteiger charge is 2.27. The van der Waals surface area contributed by atoms with Gasteiger partial charge in [0.1, 0.15) is 5.02 Å². The van der Waals surface area contributed by atoms with E-state index >= 15 is 0 Å². The van der Waals surface area contributed by atoms with E-state index in [0.717, 1.165) is 0 Å². The third-order valence-corrected chi connectivity index (χ3v) is 4.82. The lowest BCUT2D eigenvalue weighted by Gasteiger charge is -2.12. The summed E-state index contributed by atoms with van der Waals surface area (Å²) in [6.07, 6.45) is 0.539. The van der Waals surface area contributed by atoms with Gasteiger partial charge in [0.05, 0.1) is 16.4 Å². The Morgan fingerprint density at radius 1 is 1.44 bits per heavy atom. The molecule has 18 heavy (non-hydrogen) atoms. The minimum Gasteiger partial charge on any atom is -0.381 e. The van der Waals surface area contributed by atoms with Gasteiger partial charge in [-0.2, -0.15) is 0 Å². The van der Waals surface area contributed by atoms with Gasteiger partial charge in [-0.15, -0.1) is 0 Å². The molecule has 1 aromatic carbocycles. The van der Waals surface area contributed by atoms with E-state index in [4.69, 9.17) is 11.6 Å². The van der Waals surface area contributed by atoms with Crippen molar-refractivity contribution in [3.05, 3.63) is 33.3 Å². The molecule has 0 bridgehead atoms. The molecule has 1 unspecified atom stereocenters. The molecule has 1 aliphatic rings. The number of sulfone groups is 1. The van der Waals surface area contributed by atoms with Gasteiger partial charge in [-0.1, -0.05) is 11.6 Å². The second-order valence-electron chi connectivity index (χ2n) is 4.17. The zero-order valence-corrected chi connectivity index (χ0v) is 10.9. The van der Waals surface area contributed by atoms with Crippen molar-refractivity contribution in [2.24, 2.45) is 0 Å². The summed E-state index contributed by atoms with van der Waals surface area (Å²) in [6.45, 7) is 0. The average Bonchev–Trinajstić information content (AvgIpc) is 2.57. The average molecular weight is 291 g/mol. The summed E-state index contributed by atoms with van der Waals surface area (Å²) in [5.74, 6) is 0.257. The standard InChI is InChI=1S/C10H11ClN2O4S/c11-9-5-7(1-2-10(9)13(14)15)12-8-3-4-18(16,17)6-8/h1-2,5,8,12H,3-4,6H2. The molecule has 8 heteroatoms. The van der Waals surface area contributed by atoms with Crippen LogP contribution in [-0.2, 0) is 9.84 Å². The summed E-state index contributed by atoms with van der Waals surface area (Å²) in [7, 11) is -2.95. The molecule has 0 saturated carbocycles. The molecular formula is C10H11ClN2O4S. The van der Waals surface area contributed by atoms with Gasteiger partial charge in [0.2, 0.25) is 0 Å².